The van der Waals surface area contributed by atoms with Gasteiger partial charge in [-0.3, -0.25) is 4.79 Å². The zero-order valence-electron chi connectivity index (χ0n) is 12.3. The molecule has 1 unspecified atom stereocenters. The lowest BCUT2D eigenvalue weighted by molar-refractivity contribution is -0.139. The van der Waals surface area contributed by atoms with Gasteiger partial charge >= 0.3 is 5.97 Å². The summed E-state index contributed by atoms with van der Waals surface area (Å²) in [5, 5.41) is 11.5. The van der Waals surface area contributed by atoms with E-state index in [0.717, 1.165) is 5.56 Å². The van der Waals surface area contributed by atoms with Crippen molar-refractivity contribution in [3.63, 3.8) is 0 Å². The van der Waals surface area contributed by atoms with E-state index in [9.17, 15) is 9.59 Å². The molecule has 0 radical (unpaired) electrons. The Morgan fingerprint density at radius 1 is 1.25 bits per heavy atom. The lowest BCUT2D eigenvalue weighted by Gasteiger charge is -2.22. The Labute approximate surface area is 118 Å². The van der Waals surface area contributed by atoms with Gasteiger partial charge in [0.05, 0.1) is 6.04 Å². The van der Waals surface area contributed by atoms with Crippen molar-refractivity contribution >= 4 is 11.9 Å². The standard InChI is InChI=1S/C15H21NO4/c1-10(16-14(19)15(2,3)4)11-5-7-12(8-6-11)20-9-13(17)18/h5-8,10H,9H2,1-4H3,(H,16,19)(H,17,18). The van der Waals surface area contributed by atoms with Crippen LogP contribution < -0.4 is 10.1 Å². The van der Waals surface area contributed by atoms with Crippen molar-refractivity contribution in [3.05, 3.63) is 29.8 Å². The topological polar surface area (TPSA) is 75.6 Å². The Morgan fingerprint density at radius 2 is 1.80 bits per heavy atom. The van der Waals surface area contributed by atoms with Crippen molar-refractivity contribution < 1.29 is 19.4 Å². The number of rotatable bonds is 5. The number of carbonyl (C=O) groups is 2. The zero-order valence-corrected chi connectivity index (χ0v) is 12.3. The number of ether oxygens (including phenoxy) is 1. The largest absolute Gasteiger partial charge is 0.482 e. The SMILES string of the molecule is CC(NC(=O)C(C)(C)C)c1ccc(OCC(=O)O)cc1. The number of carbonyl (C=O) groups excluding carboxylic acids is 1. The molecule has 0 heterocycles. The molecule has 20 heavy (non-hydrogen) atoms. The van der Waals surface area contributed by atoms with E-state index < -0.39 is 11.4 Å². The summed E-state index contributed by atoms with van der Waals surface area (Å²) in [4.78, 5) is 22.3. The highest BCUT2D eigenvalue weighted by Gasteiger charge is 2.22. The average molecular weight is 279 g/mol. The second-order valence-corrected chi connectivity index (χ2v) is 5.70. The summed E-state index contributed by atoms with van der Waals surface area (Å²) in [5.74, 6) is -0.540. The molecule has 0 fully saturated rings. The molecule has 0 aliphatic heterocycles. The molecule has 1 rings (SSSR count). The van der Waals surface area contributed by atoms with Gasteiger partial charge < -0.3 is 15.2 Å². The predicted octanol–water partition coefficient (Wildman–Crippen LogP) is 2.37. The minimum absolute atomic E-state index is 0.0174. The molecule has 2 N–H and O–H groups in total. The summed E-state index contributed by atoms with van der Waals surface area (Å²) in [7, 11) is 0. The van der Waals surface area contributed by atoms with E-state index in [0.29, 0.717) is 5.75 Å². The first-order chi connectivity index (χ1) is 9.20. The van der Waals surface area contributed by atoms with Crippen LogP contribution >= 0.6 is 0 Å². The summed E-state index contributed by atoms with van der Waals surface area (Å²) in [6, 6.07) is 6.89. The molecule has 1 amide bonds. The van der Waals surface area contributed by atoms with Crippen LogP contribution in [0.2, 0.25) is 0 Å². The van der Waals surface area contributed by atoms with Gasteiger partial charge in [0.15, 0.2) is 6.61 Å². The predicted molar refractivity (Wildman–Crippen MR) is 75.6 cm³/mol. The van der Waals surface area contributed by atoms with Crippen LogP contribution in [0, 0.1) is 5.41 Å². The molecule has 0 bridgehead atoms. The van der Waals surface area contributed by atoms with Crippen LogP contribution in [0.3, 0.4) is 0 Å². The van der Waals surface area contributed by atoms with Crippen molar-refractivity contribution in [2.75, 3.05) is 6.61 Å². The minimum atomic E-state index is -1.01. The summed E-state index contributed by atoms with van der Waals surface area (Å²) >= 11 is 0. The fourth-order valence-corrected chi connectivity index (χ4v) is 1.49. The second-order valence-electron chi connectivity index (χ2n) is 5.70. The highest BCUT2D eigenvalue weighted by molar-refractivity contribution is 5.81. The Hall–Kier alpha value is -2.04. The van der Waals surface area contributed by atoms with Gasteiger partial charge in [-0.15, -0.1) is 0 Å². The quantitative estimate of drug-likeness (QED) is 0.867. The van der Waals surface area contributed by atoms with E-state index in [-0.39, 0.29) is 18.6 Å². The molecule has 0 saturated heterocycles. The monoisotopic (exact) mass is 279 g/mol. The number of hydrogen-bond donors (Lipinski definition) is 2. The van der Waals surface area contributed by atoms with Crippen molar-refractivity contribution in [1.29, 1.82) is 0 Å². The van der Waals surface area contributed by atoms with E-state index in [1.165, 1.54) is 0 Å². The van der Waals surface area contributed by atoms with Crippen molar-refractivity contribution in [1.82, 2.24) is 5.32 Å². The van der Waals surface area contributed by atoms with Crippen molar-refractivity contribution in [2.24, 2.45) is 5.41 Å². The van der Waals surface area contributed by atoms with Crippen LogP contribution in [0.4, 0.5) is 0 Å². The molecule has 0 saturated carbocycles. The number of carboxylic acid groups (broad SMARTS) is 1. The molecule has 1 atom stereocenters. The maximum absolute atomic E-state index is 11.9. The van der Waals surface area contributed by atoms with Gasteiger partial charge in [0, 0.05) is 5.41 Å². The Bertz CT molecular complexity index is 474. The van der Waals surface area contributed by atoms with E-state index in [4.69, 9.17) is 9.84 Å². The van der Waals surface area contributed by atoms with Crippen LogP contribution in [0.1, 0.15) is 39.3 Å². The van der Waals surface area contributed by atoms with Crippen molar-refractivity contribution in [2.45, 2.75) is 33.7 Å². The molecule has 0 aliphatic carbocycles. The van der Waals surface area contributed by atoms with Gasteiger partial charge in [-0.25, -0.2) is 4.79 Å². The number of hydrogen-bond acceptors (Lipinski definition) is 3. The fraction of sp³-hybridized carbons (Fsp3) is 0.467. The summed E-state index contributed by atoms with van der Waals surface area (Å²) in [6.07, 6.45) is 0. The Kier molecular flexibility index (Phi) is 5.13. The second kappa shape index (κ2) is 6.41. The average Bonchev–Trinajstić information content (AvgIpc) is 2.35. The van der Waals surface area contributed by atoms with Gasteiger partial charge in [0.2, 0.25) is 5.91 Å². The first-order valence-corrected chi connectivity index (χ1v) is 6.45. The third-order valence-electron chi connectivity index (χ3n) is 2.77. The molecule has 1 aromatic rings. The van der Waals surface area contributed by atoms with Crippen LogP contribution in [0.15, 0.2) is 24.3 Å². The van der Waals surface area contributed by atoms with Gasteiger partial charge in [-0.1, -0.05) is 32.9 Å². The van der Waals surface area contributed by atoms with E-state index in [1.807, 2.05) is 39.8 Å². The molecule has 0 spiro atoms. The molecular formula is C15H21NO4. The van der Waals surface area contributed by atoms with Gasteiger partial charge in [0.1, 0.15) is 5.75 Å². The van der Waals surface area contributed by atoms with Crippen LogP contribution in [0.25, 0.3) is 0 Å². The fourth-order valence-electron chi connectivity index (χ4n) is 1.49. The van der Waals surface area contributed by atoms with Crippen molar-refractivity contribution in [3.8, 4) is 5.75 Å². The third-order valence-corrected chi connectivity index (χ3v) is 2.77. The van der Waals surface area contributed by atoms with E-state index in [1.54, 1.807) is 12.1 Å². The summed E-state index contributed by atoms with van der Waals surface area (Å²) < 4.78 is 5.05. The van der Waals surface area contributed by atoms with Crippen LogP contribution in [-0.2, 0) is 9.59 Å². The van der Waals surface area contributed by atoms with Crippen LogP contribution in [0.5, 0.6) is 5.75 Å². The maximum Gasteiger partial charge on any atom is 0.341 e. The number of carboxylic acids is 1. The number of nitrogens with one attached hydrogen (secondary N) is 1. The molecule has 5 heteroatoms. The smallest absolute Gasteiger partial charge is 0.341 e. The molecule has 5 nitrogen and oxygen atoms in total. The van der Waals surface area contributed by atoms with E-state index in [2.05, 4.69) is 5.32 Å². The van der Waals surface area contributed by atoms with Crippen LogP contribution in [-0.4, -0.2) is 23.6 Å². The number of aliphatic carboxylic acids is 1. The third kappa shape index (κ3) is 4.91. The van der Waals surface area contributed by atoms with E-state index >= 15 is 0 Å². The maximum atomic E-state index is 11.9. The first kappa shape index (κ1) is 16.0. The van der Waals surface area contributed by atoms with Gasteiger partial charge in [0.25, 0.3) is 0 Å². The minimum Gasteiger partial charge on any atom is -0.482 e. The first-order valence-electron chi connectivity index (χ1n) is 6.45. The molecule has 0 aromatic heterocycles. The summed E-state index contributed by atoms with van der Waals surface area (Å²) in [5.41, 5.74) is 0.504. The normalized spacial score (nSPS) is 12.6. The highest BCUT2D eigenvalue weighted by Crippen LogP contribution is 2.20. The summed E-state index contributed by atoms with van der Waals surface area (Å²) in [6.45, 7) is 7.11. The number of benzene rings is 1. The Morgan fingerprint density at radius 3 is 2.25 bits per heavy atom. The number of amides is 1. The zero-order chi connectivity index (χ0) is 15.3. The lowest BCUT2D eigenvalue weighted by atomic mass is 9.94. The molecule has 1 aromatic carbocycles. The molecular weight excluding hydrogens is 258 g/mol. The lowest BCUT2D eigenvalue weighted by Crippen LogP contribution is -2.36. The highest BCUT2D eigenvalue weighted by atomic mass is 16.5. The molecule has 0 aliphatic rings. The molecule has 110 valence electrons. The van der Waals surface area contributed by atoms with Gasteiger partial charge in [-0.05, 0) is 24.6 Å². The van der Waals surface area contributed by atoms with Gasteiger partial charge in [-0.2, -0.15) is 0 Å². The Balaban J connectivity index is 2.64.